The summed E-state index contributed by atoms with van der Waals surface area (Å²) in [4.78, 5) is 0.119. The number of nitrogens with zero attached hydrogens (tertiary/aromatic N) is 1. The topological polar surface area (TPSA) is 96.0 Å². The van der Waals surface area contributed by atoms with Crippen molar-refractivity contribution in [2.45, 2.75) is 11.4 Å². The normalized spacial score (nSPS) is 10.9. The molecule has 0 fully saturated rings. The van der Waals surface area contributed by atoms with Gasteiger partial charge in [-0.3, -0.25) is 0 Å². The number of anilines is 1. The van der Waals surface area contributed by atoms with Gasteiger partial charge < -0.3 is 5.73 Å². The van der Waals surface area contributed by atoms with Crippen molar-refractivity contribution in [2.75, 3.05) is 5.73 Å². The van der Waals surface area contributed by atoms with Crippen LogP contribution in [-0.4, -0.2) is 8.42 Å². The van der Waals surface area contributed by atoms with Gasteiger partial charge in [0.1, 0.15) is 0 Å². The Hall–Kier alpha value is -2.36. The van der Waals surface area contributed by atoms with Crippen LogP contribution in [0, 0.1) is 11.3 Å². The lowest BCUT2D eigenvalue weighted by Gasteiger charge is -2.07. The summed E-state index contributed by atoms with van der Waals surface area (Å²) in [5.41, 5.74) is 7.17. The third-order valence-electron chi connectivity index (χ3n) is 2.69. The lowest BCUT2D eigenvalue weighted by molar-refractivity contribution is 0.581. The molecule has 2 aromatic rings. The van der Waals surface area contributed by atoms with Crippen molar-refractivity contribution in [3.8, 4) is 6.07 Å². The summed E-state index contributed by atoms with van der Waals surface area (Å²) in [5, 5.41) is 8.80. The van der Waals surface area contributed by atoms with Crippen molar-refractivity contribution in [1.29, 1.82) is 5.26 Å². The number of benzene rings is 2. The van der Waals surface area contributed by atoms with Gasteiger partial charge in [0.2, 0.25) is 10.0 Å². The van der Waals surface area contributed by atoms with Crippen molar-refractivity contribution in [1.82, 2.24) is 4.72 Å². The second-order valence-corrected chi connectivity index (χ2v) is 5.98. The van der Waals surface area contributed by atoms with Crippen LogP contribution in [-0.2, 0) is 16.6 Å². The third kappa shape index (κ3) is 3.35. The van der Waals surface area contributed by atoms with Crippen LogP contribution in [0.5, 0.6) is 0 Å². The zero-order valence-corrected chi connectivity index (χ0v) is 11.4. The van der Waals surface area contributed by atoms with Crippen molar-refractivity contribution in [3.63, 3.8) is 0 Å². The first-order valence-corrected chi connectivity index (χ1v) is 7.34. The molecule has 20 heavy (non-hydrogen) atoms. The highest BCUT2D eigenvalue weighted by Gasteiger charge is 2.13. The molecule has 0 amide bonds. The molecule has 0 saturated carbocycles. The number of rotatable bonds is 4. The molecule has 5 nitrogen and oxygen atoms in total. The summed E-state index contributed by atoms with van der Waals surface area (Å²) >= 11 is 0. The van der Waals surface area contributed by atoms with E-state index < -0.39 is 10.0 Å². The Bertz CT molecular complexity index is 764. The molecule has 0 unspecified atom stereocenters. The summed E-state index contributed by atoms with van der Waals surface area (Å²) < 4.78 is 26.6. The molecule has 0 spiro atoms. The molecule has 0 aromatic heterocycles. The number of sulfonamides is 1. The van der Waals surface area contributed by atoms with E-state index in [1.807, 2.05) is 6.07 Å². The molecule has 0 aliphatic rings. The maximum atomic E-state index is 12.1. The van der Waals surface area contributed by atoms with Gasteiger partial charge in [0.15, 0.2) is 0 Å². The summed E-state index contributed by atoms with van der Waals surface area (Å²) in [6.45, 7) is 0.118. The molecule has 0 heterocycles. The van der Waals surface area contributed by atoms with Crippen LogP contribution in [0.15, 0.2) is 53.4 Å². The van der Waals surface area contributed by atoms with E-state index in [0.717, 1.165) is 5.56 Å². The van der Waals surface area contributed by atoms with E-state index in [-0.39, 0.29) is 11.4 Å². The lowest BCUT2D eigenvalue weighted by atomic mass is 10.1. The van der Waals surface area contributed by atoms with E-state index in [4.69, 9.17) is 11.0 Å². The second kappa shape index (κ2) is 5.74. The summed E-state index contributed by atoms with van der Waals surface area (Å²) in [6, 6.07) is 14.9. The minimum absolute atomic E-state index is 0.118. The average molecular weight is 287 g/mol. The minimum atomic E-state index is -3.61. The van der Waals surface area contributed by atoms with E-state index in [9.17, 15) is 8.42 Å². The van der Waals surface area contributed by atoms with Crippen molar-refractivity contribution >= 4 is 15.7 Å². The predicted octanol–water partition coefficient (Wildman–Crippen LogP) is 1.62. The number of hydrogen-bond acceptors (Lipinski definition) is 4. The zero-order chi connectivity index (χ0) is 14.6. The first-order chi connectivity index (χ1) is 9.51. The Kier molecular flexibility index (Phi) is 4.03. The largest absolute Gasteiger partial charge is 0.399 e. The third-order valence-corrected chi connectivity index (χ3v) is 4.09. The van der Waals surface area contributed by atoms with Crippen LogP contribution in [0.1, 0.15) is 11.1 Å². The molecular formula is C14H13N3O2S. The number of hydrogen-bond donors (Lipinski definition) is 2. The van der Waals surface area contributed by atoms with E-state index in [0.29, 0.717) is 11.3 Å². The maximum Gasteiger partial charge on any atom is 0.240 e. The van der Waals surface area contributed by atoms with Gasteiger partial charge in [-0.1, -0.05) is 18.2 Å². The Morgan fingerprint density at radius 2 is 1.90 bits per heavy atom. The van der Waals surface area contributed by atoms with Gasteiger partial charge >= 0.3 is 0 Å². The van der Waals surface area contributed by atoms with Crippen LogP contribution in [0.2, 0.25) is 0 Å². The highest BCUT2D eigenvalue weighted by Crippen LogP contribution is 2.13. The summed E-state index contributed by atoms with van der Waals surface area (Å²) in [7, 11) is -3.61. The lowest BCUT2D eigenvalue weighted by Crippen LogP contribution is -2.23. The number of nitrogens with two attached hydrogens (primary N) is 1. The van der Waals surface area contributed by atoms with Crippen LogP contribution in [0.25, 0.3) is 0 Å². The van der Waals surface area contributed by atoms with Gasteiger partial charge in [0.25, 0.3) is 0 Å². The molecule has 0 aliphatic carbocycles. The first-order valence-electron chi connectivity index (χ1n) is 5.85. The smallest absolute Gasteiger partial charge is 0.240 e. The Morgan fingerprint density at radius 3 is 2.60 bits per heavy atom. The van der Waals surface area contributed by atoms with Gasteiger partial charge in [-0.05, 0) is 35.9 Å². The van der Waals surface area contributed by atoms with Gasteiger partial charge in [-0.25, -0.2) is 13.1 Å². The quantitative estimate of drug-likeness (QED) is 0.835. The fourth-order valence-electron chi connectivity index (χ4n) is 1.69. The Morgan fingerprint density at radius 1 is 1.15 bits per heavy atom. The number of nitrogen functional groups attached to an aromatic ring is 1. The van der Waals surface area contributed by atoms with Crippen molar-refractivity contribution < 1.29 is 8.42 Å². The van der Waals surface area contributed by atoms with Gasteiger partial charge in [-0.2, -0.15) is 5.26 Å². The molecule has 2 aromatic carbocycles. The predicted molar refractivity (Wildman–Crippen MR) is 76.0 cm³/mol. The molecule has 0 bridgehead atoms. The van der Waals surface area contributed by atoms with Gasteiger partial charge in [-0.15, -0.1) is 0 Å². The monoisotopic (exact) mass is 287 g/mol. The molecule has 2 rings (SSSR count). The fourth-order valence-corrected chi connectivity index (χ4v) is 2.77. The number of nitriles is 1. The van der Waals surface area contributed by atoms with E-state index in [1.165, 1.54) is 12.1 Å². The first kappa shape index (κ1) is 14.1. The highest BCUT2D eigenvalue weighted by atomic mass is 32.2. The average Bonchev–Trinajstić information content (AvgIpc) is 2.45. The van der Waals surface area contributed by atoms with Crippen LogP contribution >= 0.6 is 0 Å². The van der Waals surface area contributed by atoms with Crippen molar-refractivity contribution in [2.24, 2.45) is 0 Å². The second-order valence-electron chi connectivity index (χ2n) is 4.21. The van der Waals surface area contributed by atoms with E-state index >= 15 is 0 Å². The molecule has 0 saturated heterocycles. The fraction of sp³-hybridized carbons (Fsp3) is 0.0714. The molecular weight excluding hydrogens is 274 g/mol. The molecule has 0 radical (unpaired) electrons. The summed E-state index contributed by atoms with van der Waals surface area (Å²) in [6.07, 6.45) is 0. The summed E-state index contributed by atoms with van der Waals surface area (Å²) in [5.74, 6) is 0. The van der Waals surface area contributed by atoms with Crippen LogP contribution in [0.3, 0.4) is 0 Å². The minimum Gasteiger partial charge on any atom is -0.399 e. The molecule has 0 atom stereocenters. The number of nitrogens with one attached hydrogen (secondary N) is 1. The Labute approximate surface area is 117 Å². The van der Waals surface area contributed by atoms with Crippen LogP contribution in [0.4, 0.5) is 5.69 Å². The van der Waals surface area contributed by atoms with Crippen molar-refractivity contribution in [3.05, 3.63) is 59.7 Å². The standard InChI is InChI=1S/C14H13N3O2S/c15-9-11-3-1-4-12(7-11)10-17-20(18,19)14-6-2-5-13(16)8-14/h1-8,17H,10,16H2. The van der Waals surface area contributed by atoms with Crippen LogP contribution < -0.4 is 10.5 Å². The zero-order valence-electron chi connectivity index (χ0n) is 10.6. The van der Waals surface area contributed by atoms with E-state index in [2.05, 4.69) is 4.72 Å². The molecule has 0 aliphatic heterocycles. The Balaban J connectivity index is 2.15. The van der Waals surface area contributed by atoms with Gasteiger partial charge in [0.05, 0.1) is 16.5 Å². The van der Waals surface area contributed by atoms with Gasteiger partial charge in [0, 0.05) is 12.2 Å². The molecule has 102 valence electrons. The highest BCUT2D eigenvalue weighted by molar-refractivity contribution is 7.89. The molecule has 3 N–H and O–H groups in total. The van der Waals surface area contributed by atoms with E-state index in [1.54, 1.807) is 36.4 Å². The SMILES string of the molecule is N#Cc1cccc(CNS(=O)(=O)c2cccc(N)c2)c1. The molecule has 6 heteroatoms. The maximum absolute atomic E-state index is 12.1.